The second-order valence-corrected chi connectivity index (χ2v) is 13.8. The highest BCUT2D eigenvalue weighted by Gasteiger charge is 2.74. The summed E-state index contributed by atoms with van der Waals surface area (Å²) in [5.74, 6) is -0.439. The van der Waals surface area contributed by atoms with Crippen molar-refractivity contribution in [3.05, 3.63) is 64.7 Å². The second-order valence-electron chi connectivity index (χ2n) is 11.6. The van der Waals surface area contributed by atoms with Gasteiger partial charge in [-0.2, -0.15) is 26.3 Å². The van der Waals surface area contributed by atoms with Crippen LogP contribution < -0.4 is 0 Å². The molecule has 0 N–H and O–H groups in total. The van der Waals surface area contributed by atoms with Crippen molar-refractivity contribution >= 4 is 15.7 Å². The van der Waals surface area contributed by atoms with Crippen LogP contribution in [0.15, 0.2) is 47.4 Å². The Labute approximate surface area is 240 Å². The molecular formula is C30H32F7NO3S. The van der Waals surface area contributed by atoms with Crippen LogP contribution in [0.3, 0.4) is 0 Å². The van der Waals surface area contributed by atoms with E-state index in [0.29, 0.717) is 31.4 Å². The number of amides is 1. The predicted octanol–water partition coefficient (Wildman–Crippen LogP) is 7.34. The van der Waals surface area contributed by atoms with Crippen molar-refractivity contribution in [1.29, 1.82) is 0 Å². The number of alkyl halides is 7. The zero-order chi connectivity index (χ0) is 30.7. The summed E-state index contributed by atoms with van der Waals surface area (Å²) in [6, 6.07) is 7.10. The monoisotopic (exact) mass is 619 g/mol. The van der Waals surface area contributed by atoms with Crippen molar-refractivity contribution in [2.45, 2.75) is 98.4 Å². The number of nitrogens with zero attached hydrogens (tertiary/aromatic N) is 1. The molecule has 42 heavy (non-hydrogen) atoms. The Morgan fingerprint density at radius 1 is 0.905 bits per heavy atom. The first kappa shape index (κ1) is 30.8. The number of carbonyl (C=O) groups is 1. The van der Waals surface area contributed by atoms with Crippen molar-refractivity contribution in [2.24, 2.45) is 5.92 Å². The molecule has 2 aromatic rings. The topological polar surface area (TPSA) is 54.5 Å². The largest absolute Gasteiger partial charge is 0.435 e. The summed E-state index contributed by atoms with van der Waals surface area (Å²) in [5.41, 5.74) is -6.48. The normalized spacial score (nSPS) is 23.9. The molecule has 0 bridgehead atoms. The molecule has 12 heteroatoms. The Bertz CT molecular complexity index is 1430. The summed E-state index contributed by atoms with van der Waals surface area (Å²) >= 11 is 0. The molecule has 2 aromatic carbocycles. The van der Waals surface area contributed by atoms with Crippen LogP contribution in [0.25, 0.3) is 0 Å². The smallest absolute Gasteiger partial charge is 0.337 e. The van der Waals surface area contributed by atoms with Crippen molar-refractivity contribution < 1.29 is 43.9 Å². The van der Waals surface area contributed by atoms with E-state index in [9.17, 15) is 43.9 Å². The minimum atomic E-state index is -6.29. The fraction of sp³-hybridized carbons (Fsp3) is 0.567. The molecule has 1 saturated carbocycles. The number of aryl methyl sites for hydroxylation is 2. The van der Waals surface area contributed by atoms with Crippen LogP contribution in [0.2, 0.25) is 0 Å². The van der Waals surface area contributed by atoms with E-state index >= 15 is 0 Å². The Morgan fingerprint density at radius 2 is 1.52 bits per heavy atom. The second kappa shape index (κ2) is 10.5. The van der Waals surface area contributed by atoms with Crippen LogP contribution in [0, 0.1) is 5.92 Å². The van der Waals surface area contributed by atoms with Gasteiger partial charge in [0, 0.05) is 18.0 Å². The van der Waals surface area contributed by atoms with E-state index in [1.165, 1.54) is 12.1 Å². The van der Waals surface area contributed by atoms with Crippen LogP contribution in [-0.2, 0) is 37.9 Å². The van der Waals surface area contributed by atoms with Gasteiger partial charge in [-0.3, -0.25) is 4.79 Å². The molecule has 4 nitrogen and oxygen atoms in total. The molecule has 2 unspecified atom stereocenters. The van der Waals surface area contributed by atoms with E-state index in [2.05, 4.69) is 0 Å². The molecule has 0 spiro atoms. The molecule has 3 aliphatic rings. The van der Waals surface area contributed by atoms with Gasteiger partial charge >= 0.3 is 18.0 Å². The van der Waals surface area contributed by atoms with E-state index < -0.39 is 44.2 Å². The van der Waals surface area contributed by atoms with Crippen molar-refractivity contribution in [1.82, 2.24) is 4.90 Å². The molecule has 0 radical (unpaired) electrons. The molecule has 1 amide bonds. The van der Waals surface area contributed by atoms with Crippen LogP contribution in [-0.4, -0.2) is 44.2 Å². The van der Waals surface area contributed by atoms with E-state index in [1.54, 1.807) is 17.0 Å². The third-order valence-electron chi connectivity index (χ3n) is 9.42. The first-order valence-corrected chi connectivity index (χ1v) is 15.7. The Kier molecular flexibility index (Phi) is 7.72. The molecule has 2 aliphatic carbocycles. The van der Waals surface area contributed by atoms with Crippen molar-refractivity contribution in [3.8, 4) is 0 Å². The maximum Gasteiger partial charge on any atom is 0.435 e. The highest BCUT2D eigenvalue weighted by molar-refractivity contribution is 7.92. The Hall–Kier alpha value is -2.63. The number of fused-ring (bicyclic) bond motifs is 3. The van der Waals surface area contributed by atoms with E-state index in [4.69, 9.17) is 0 Å². The van der Waals surface area contributed by atoms with Crippen molar-refractivity contribution in [2.75, 3.05) is 6.54 Å². The molecule has 2 atom stereocenters. The predicted molar refractivity (Wildman–Crippen MR) is 141 cm³/mol. The minimum absolute atomic E-state index is 0.00148. The fourth-order valence-electron chi connectivity index (χ4n) is 7.19. The van der Waals surface area contributed by atoms with Gasteiger partial charge in [0.1, 0.15) is 4.75 Å². The van der Waals surface area contributed by atoms with E-state index in [0.717, 1.165) is 30.9 Å². The standard InChI is InChI=1S/C30H32F7NO3S/c1-2-19-8-12-23(13-9-19)42(40,41)27-16-17-38(26(39)20-6-4-3-5-7-20)25(27)15-10-21-18-22(11-14-24(21)27)28(31,29(32,33)34)30(35,36)37/h8-9,11-14,18,20,25H,2-7,10,15-17H2,1H3. The van der Waals surface area contributed by atoms with Gasteiger partial charge in [0.2, 0.25) is 5.91 Å². The molecule has 230 valence electrons. The number of carbonyl (C=O) groups excluding carboxylic acids is 1. The lowest BCUT2D eigenvalue weighted by molar-refractivity contribution is -0.348. The third kappa shape index (κ3) is 4.54. The highest BCUT2D eigenvalue weighted by atomic mass is 32.2. The average molecular weight is 620 g/mol. The van der Waals surface area contributed by atoms with Gasteiger partial charge < -0.3 is 4.90 Å². The van der Waals surface area contributed by atoms with E-state index in [-0.39, 0.29) is 53.7 Å². The van der Waals surface area contributed by atoms with Crippen LogP contribution in [0.4, 0.5) is 30.7 Å². The fourth-order valence-corrected chi connectivity index (χ4v) is 9.56. The van der Waals surface area contributed by atoms with E-state index in [1.807, 2.05) is 6.92 Å². The summed E-state index contributed by atoms with van der Waals surface area (Å²) in [4.78, 5) is 15.2. The number of rotatable bonds is 5. The number of hydrogen-bond donors (Lipinski definition) is 0. The summed E-state index contributed by atoms with van der Waals surface area (Å²) in [6.07, 6.45) is -8.04. The lowest BCUT2D eigenvalue weighted by Crippen LogP contribution is -2.53. The summed E-state index contributed by atoms with van der Waals surface area (Å²) < 4.78 is 124. The maximum atomic E-state index is 15.0. The summed E-state index contributed by atoms with van der Waals surface area (Å²) in [6.45, 7) is 1.97. The van der Waals surface area contributed by atoms with Gasteiger partial charge in [-0.25, -0.2) is 12.8 Å². The quantitative estimate of drug-likeness (QED) is 0.330. The SMILES string of the molecule is CCc1ccc(S(=O)(=O)C23CCN(C(=O)C4CCCCC4)C2CCc2cc(C(F)(C(F)(F)F)C(F)(F)F)ccc23)cc1. The number of benzene rings is 2. The van der Waals surface area contributed by atoms with Crippen LogP contribution in [0.1, 0.15) is 74.1 Å². The molecule has 0 aromatic heterocycles. The van der Waals surface area contributed by atoms with Crippen LogP contribution >= 0.6 is 0 Å². The molecule has 5 rings (SSSR count). The lowest BCUT2D eigenvalue weighted by atomic mass is 9.76. The van der Waals surface area contributed by atoms with Gasteiger partial charge in [0.15, 0.2) is 9.84 Å². The number of hydrogen-bond acceptors (Lipinski definition) is 3. The third-order valence-corrected chi connectivity index (χ3v) is 12.0. The molecule has 1 aliphatic heterocycles. The van der Waals surface area contributed by atoms with Crippen LogP contribution in [0.5, 0.6) is 0 Å². The summed E-state index contributed by atoms with van der Waals surface area (Å²) in [7, 11) is -4.33. The highest BCUT2D eigenvalue weighted by Crippen LogP contribution is 2.57. The number of sulfone groups is 1. The number of halogens is 7. The molecular weight excluding hydrogens is 587 g/mol. The summed E-state index contributed by atoms with van der Waals surface area (Å²) in [5, 5.41) is 0. The molecule has 1 heterocycles. The molecule has 2 fully saturated rings. The Balaban J connectivity index is 1.67. The van der Waals surface area contributed by atoms with Gasteiger partial charge in [0.05, 0.1) is 10.9 Å². The maximum absolute atomic E-state index is 15.0. The first-order chi connectivity index (χ1) is 19.6. The van der Waals surface area contributed by atoms with Gasteiger partial charge in [-0.15, -0.1) is 0 Å². The zero-order valence-electron chi connectivity index (χ0n) is 23.0. The average Bonchev–Trinajstić information content (AvgIpc) is 3.37. The first-order valence-electron chi connectivity index (χ1n) is 14.2. The molecule has 1 saturated heterocycles. The van der Waals surface area contributed by atoms with Gasteiger partial charge in [0.25, 0.3) is 0 Å². The Morgan fingerprint density at radius 3 is 2.10 bits per heavy atom. The van der Waals surface area contributed by atoms with Gasteiger partial charge in [-0.05, 0) is 67.3 Å². The minimum Gasteiger partial charge on any atom is -0.337 e. The number of likely N-dealkylation sites (tertiary alicyclic amines) is 1. The van der Waals surface area contributed by atoms with Crippen molar-refractivity contribution in [3.63, 3.8) is 0 Å². The van der Waals surface area contributed by atoms with Gasteiger partial charge in [-0.1, -0.05) is 56.5 Å². The lowest BCUT2D eigenvalue weighted by Gasteiger charge is -2.43. The zero-order valence-corrected chi connectivity index (χ0v) is 23.8.